The third kappa shape index (κ3) is 5.71. The summed E-state index contributed by atoms with van der Waals surface area (Å²) in [6.07, 6.45) is 0. The van der Waals surface area contributed by atoms with Crippen LogP contribution in [0.25, 0.3) is 22.5 Å². The van der Waals surface area contributed by atoms with Gasteiger partial charge in [0.1, 0.15) is 11.4 Å². The molecule has 0 aliphatic rings. The maximum Gasteiger partial charge on any atom is 0.276 e. The van der Waals surface area contributed by atoms with Crippen LogP contribution in [0.15, 0.2) is 53.2 Å². The summed E-state index contributed by atoms with van der Waals surface area (Å²) in [5, 5.41) is 10.4. The van der Waals surface area contributed by atoms with Gasteiger partial charge in [-0.2, -0.15) is 0 Å². The van der Waals surface area contributed by atoms with Crippen LogP contribution in [-0.4, -0.2) is 26.8 Å². The molecule has 0 spiro atoms. The number of carbonyl (C=O) groups is 2. The van der Waals surface area contributed by atoms with Crippen molar-refractivity contribution in [3.8, 4) is 22.5 Å². The van der Waals surface area contributed by atoms with Gasteiger partial charge in [0, 0.05) is 21.9 Å². The molecule has 0 fully saturated rings. The molecule has 3 heterocycles. The van der Waals surface area contributed by atoms with Crippen molar-refractivity contribution in [1.29, 1.82) is 0 Å². The number of aromatic nitrogens is 3. The monoisotopic (exact) mass is 567 g/mol. The fourth-order valence-corrected chi connectivity index (χ4v) is 6.46. The Morgan fingerprint density at radius 3 is 1.35 bits per heavy atom. The molecule has 0 atom stereocenters. The lowest BCUT2D eigenvalue weighted by molar-refractivity contribution is 0.101. The fourth-order valence-electron chi connectivity index (χ4n) is 5.07. The summed E-state index contributed by atoms with van der Waals surface area (Å²) >= 11 is 2.69. The molecular weight excluding hydrogens is 539 g/mol. The molecule has 2 amide bonds. The number of amides is 2. The Morgan fingerprint density at radius 1 is 0.600 bits per heavy atom. The van der Waals surface area contributed by atoms with Gasteiger partial charge in [0.05, 0.1) is 11.4 Å². The standard InChI is InChI=1S/C31H29N5O2S2/c1-16-10-18(3)26(19(4)11-16)24-14-39-30(33-24)35-28(37)22-8-7-9-23(32-22)29(38)36-31-34-25(15-40-31)27-20(5)12-17(2)13-21(27)6/h7-15H,1-6H3,(H,33,35,37)(H,34,36,38). The number of pyridine rings is 1. The molecular formula is C31H29N5O2S2. The molecule has 0 radical (unpaired) electrons. The largest absolute Gasteiger partial charge is 0.296 e. The third-order valence-electron chi connectivity index (χ3n) is 6.53. The van der Waals surface area contributed by atoms with E-state index >= 15 is 0 Å². The SMILES string of the molecule is Cc1cc(C)c(-c2csc(NC(=O)c3cccc(C(=O)Nc4nc(-c5c(C)cc(C)cc5C)cs4)n3)n2)c(C)c1. The molecule has 0 unspecified atom stereocenters. The van der Waals surface area contributed by atoms with Crippen LogP contribution >= 0.6 is 22.7 Å². The first-order valence-corrected chi connectivity index (χ1v) is 14.5. The number of carbonyl (C=O) groups excluding carboxylic acids is 2. The predicted octanol–water partition coefficient (Wildman–Crippen LogP) is 7.68. The zero-order valence-electron chi connectivity index (χ0n) is 23.2. The zero-order chi connectivity index (χ0) is 28.6. The van der Waals surface area contributed by atoms with Gasteiger partial charge >= 0.3 is 0 Å². The van der Waals surface area contributed by atoms with Gasteiger partial charge in [-0.1, -0.05) is 41.5 Å². The van der Waals surface area contributed by atoms with Crippen molar-refractivity contribution in [2.75, 3.05) is 10.6 Å². The zero-order valence-corrected chi connectivity index (χ0v) is 24.8. The molecule has 0 aliphatic heterocycles. The molecule has 0 saturated carbocycles. The molecule has 7 nitrogen and oxygen atoms in total. The molecule has 3 aromatic heterocycles. The van der Waals surface area contributed by atoms with Crippen LogP contribution in [0.1, 0.15) is 54.4 Å². The van der Waals surface area contributed by atoms with Gasteiger partial charge in [0.25, 0.3) is 11.8 Å². The Hall–Kier alpha value is -4.21. The summed E-state index contributed by atoms with van der Waals surface area (Å²) in [4.78, 5) is 39.5. The van der Waals surface area contributed by atoms with Crippen molar-refractivity contribution in [3.05, 3.63) is 98.0 Å². The van der Waals surface area contributed by atoms with E-state index in [4.69, 9.17) is 0 Å². The molecule has 2 N–H and O–H groups in total. The lowest BCUT2D eigenvalue weighted by Crippen LogP contribution is -2.18. The van der Waals surface area contributed by atoms with Crippen molar-refractivity contribution >= 4 is 44.8 Å². The second-order valence-electron chi connectivity index (χ2n) is 9.94. The summed E-state index contributed by atoms with van der Waals surface area (Å²) in [7, 11) is 0. The normalized spacial score (nSPS) is 10.9. The summed E-state index contributed by atoms with van der Waals surface area (Å²) in [6.45, 7) is 12.4. The van der Waals surface area contributed by atoms with Gasteiger partial charge in [-0.3, -0.25) is 20.2 Å². The number of nitrogens with zero attached hydrogens (tertiary/aromatic N) is 3. The average molecular weight is 568 g/mol. The van der Waals surface area contributed by atoms with Crippen LogP contribution in [-0.2, 0) is 0 Å². The second kappa shape index (κ2) is 11.1. The van der Waals surface area contributed by atoms with E-state index < -0.39 is 11.8 Å². The fraction of sp³-hybridized carbons (Fsp3) is 0.194. The molecule has 0 aliphatic carbocycles. The highest BCUT2D eigenvalue weighted by atomic mass is 32.1. The van der Waals surface area contributed by atoms with E-state index in [1.807, 2.05) is 10.8 Å². The van der Waals surface area contributed by atoms with Crippen LogP contribution in [0.2, 0.25) is 0 Å². The molecule has 0 bridgehead atoms. The quantitative estimate of drug-likeness (QED) is 0.219. The lowest BCUT2D eigenvalue weighted by atomic mass is 9.98. The number of rotatable bonds is 6. The van der Waals surface area contributed by atoms with Crippen molar-refractivity contribution < 1.29 is 9.59 Å². The highest BCUT2D eigenvalue weighted by Gasteiger charge is 2.17. The number of thiazole rings is 2. The van der Waals surface area contributed by atoms with Gasteiger partial charge in [-0.25, -0.2) is 15.0 Å². The minimum absolute atomic E-state index is 0.123. The lowest BCUT2D eigenvalue weighted by Gasteiger charge is -2.09. The minimum atomic E-state index is -0.435. The maximum absolute atomic E-state index is 13.0. The Kier molecular flexibility index (Phi) is 7.60. The predicted molar refractivity (Wildman–Crippen MR) is 164 cm³/mol. The molecule has 2 aromatic carbocycles. The molecule has 5 aromatic rings. The molecule has 202 valence electrons. The number of hydrogen-bond donors (Lipinski definition) is 2. The van der Waals surface area contributed by atoms with Crippen LogP contribution in [0.3, 0.4) is 0 Å². The smallest absolute Gasteiger partial charge is 0.276 e. The molecule has 9 heteroatoms. The number of aryl methyl sites for hydroxylation is 6. The number of benzene rings is 2. The van der Waals surface area contributed by atoms with Gasteiger partial charge < -0.3 is 0 Å². The summed E-state index contributed by atoms with van der Waals surface area (Å²) in [5.74, 6) is -0.871. The van der Waals surface area contributed by atoms with E-state index in [0.717, 1.165) is 44.8 Å². The minimum Gasteiger partial charge on any atom is -0.296 e. The average Bonchev–Trinajstić information content (AvgIpc) is 3.52. The molecule has 5 rings (SSSR count). The Bertz CT molecular complexity index is 1600. The van der Waals surface area contributed by atoms with Crippen LogP contribution in [0.4, 0.5) is 10.3 Å². The van der Waals surface area contributed by atoms with E-state index in [0.29, 0.717) is 10.3 Å². The van der Waals surface area contributed by atoms with Crippen molar-refractivity contribution in [2.45, 2.75) is 41.5 Å². The Balaban J connectivity index is 1.29. The Labute approximate surface area is 241 Å². The Morgan fingerprint density at radius 2 is 0.975 bits per heavy atom. The first-order valence-electron chi connectivity index (χ1n) is 12.8. The highest BCUT2D eigenvalue weighted by molar-refractivity contribution is 7.14. The van der Waals surface area contributed by atoms with Crippen LogP contribution in [0.5, 0.6) is 0 Å². The van der Waals surface area contributed by atoms with Crippen LogP contribution < -0.4 is 10.6 Å². The summed E-state index contributed by atoms with van der Waals surface area (Å²) < 4.78 is 0. The third-order valence-corrected chi connectivity index (χ3v) is 8.05. The van der Waals surface area contributed by atoms with E-state index in [2.05, 4.69) is 91.4 Å². The second-order valence-corrected chi connectivity index (χ2v) is 11.7. The van der Waals surface area contributed by atoms with E-state index in [1.165, 1.54) is 33.8 Å². The van der Waals surface area contributed by atoms with E-state index in [9.17, 15) is 9.59 Å². The van der Waals surface area contributed by atoms with Crippen molar-refractivity contribution in [3.63, 3.8) is 0 Å². The van der Waals surface area contributed by atoms with Gasteiger partial charge in [-0.15, -0.1) is 22.7 Å². The van der Waals surface area contributed by atoms with Crippen molar-refractivity contribution in [1.82, 2.24) is 15.0 Å². The van der Waals surface area contributed by atoms with Gasteiger partial charge in [0.2, 0.25) is 0 Å². The summed E-state index contributed by atoms with van der Waals surface area (Å²) in [5.41, 5.74) is 11.0. The van der Waals surface area contributed by atoms with Gasteiger partial charge in [0.15, 0.2) is 10.3 Å². The van der Waals surface area contributed by atoms with E-state index in [-0.39, 0.29) is 11.4 Å². The van der Waals surface area contributed by atoms with Crippen molar-refractivity contribution in [2.24, 2.45) is 0 Å². The number of anilines is 2. The van der Waals surface area contributed by atoms with E-state index in [1.54, 1.807) is 18.2 Å². The molecule has 0 saturated heterocycles. The highest BCUT2D eigenvalue weighted by Crippen LogP contribution is 2.32. The number of hydrogen-bond acceptors (Lipinski definition) is 7. The maximum atomic E-state index is 13.0. The van der Waals surface area contributed by atoms with Gasteiger partial charge in [-0.05, 0) is 75.9 Å². The molecule has 40 heavy (non-hydrogen) atoms. The number of nitrogens with one attached hydrogen (secondary N) is 2. The first-order chi connectivity index (χ1) is 19.1. The first kappa shape index (κ1) is 27.4. The summed E-state index contributed by atoms with van der Waals surface area (Å²) in [6, 6.07) is 13.3. The van der Waals surface area contributed by atoms with Crippen LogP contribution in [0, 0.1) is 41.5 Å². The topological polar surface area (TPSA) is 96.9 Å².